The van der Waals surface area contributed by atoms with Crippen LogP contribution in [0.2, 0.25) is 0 Å². The Labute approximate surface area is 161 Å². The zero-order valence-corrected chi connectivity index (χ0v) is 13.2. The Morgan fingerprint density at radius 3 is 2.57 bits per heavy atom. The van der Waals surface area contributed by atoms with Crippen molar-refractivity contribution in [3.05, 3.63) is 47.1 Å². The average molecular weight is 371 g/mol. The van der Waals surface area contributed by atoms with E-state index in [-0.39, 0.29) is 41.2 Å². The number of amides is 2. The molecule has 1 aliphatic rings. The van der Waals surface area contributed by atoms with Crippen LogP contribution < -0.4 is 5.32 Å². The summed E-state index contributed by atoms with van der Waals surface area (Å²) in [5.41, 5.74) is 0.928. The van der Waals surface area contributed by atoms with Crippen LogP contribution in [0.25, 0.3) is 0 Å². The van der Waals surface area contributed by atoms with E-state index in [4.69, 9.17) is 20.9 Å². The molecule has 2 rings (SSSR count). The summed E-state index contributed by atoms with van der Waals surface area (Å²) in [5.74, 6) is 0. The number of nitrogens with zero attached hydrogens (tertiary/aromatic N) is 1. The first-order chi connectivity index (χ1) is 10.3. The van der Waals surface area contributed by atoms with Crippen LogP contribution in [0.5, 0.6) is 0 Å². The van der Waals surface area contributed by atoms with Crippen LogP contribution in [0, 0.1) is 0 Å². The van der Waals surface area contributed by atoms with E-state index in [1.54, 1.807) is 6.92 Å². The van der Waals surface area contributed by atoms with Gasteiger partial charge in [-0.15, -0.1) is 0 Å². The molecular weight excluding hydrogens is 355 g/mol. The molecule has 1 aromatic carbocycles. The van der Waals surface area contributed by atoms with E-state index in [0.717, 1.165) is 16.7 Å². The van der Waals surface area contributed by atoms with Crippen molar-refractivity contribution in [2.45, 2.75) is 25.1 Å². The van der Waals surface area contributed by atoms with Crippen molar-refractivity contribution in [3.63, 3.8) is 0 Å². The summed E-state index contributed by atoms with van der Waals surface area (Å²) in [7, 11) is -4.51. The van der Waals surface area contributed by atoms with Crippen LogP contribution in [0.3, 0.4) is 0 Å². The molecule has 2 atom stereocenters. The van der Waals surface area contributed by atoms with Gasteiger partial charge in [-0.1, -0.05) is 41.9 Å². The standard InChI is InChI=1S/C13H15ClN2O5S.Na.H/c1-9(21-8-10-5-3-2-4-6-10)16-7-11(14)12(15-13(16)17)22(18,19)20;;/h2-7,9,12H,8H2,1H3,(H,15,17)(H,18,19,20);;. The molecule has 1 aromatic rings. The minimum atomic E-state index is -4.51. The van der Waals surface area contributed by atoms with Crippen molar-refractivity contribution in [1.29, 1.82) is 0 Å². The Hall–Kier alpha value is -0.610. The quantitative estimate of drug-likeness (QED) is 0.600. The first kappa shape index (κ1) is 20.4. The molecule has 122 valence electrons. The van der Waals surface area contributed by atoms with Gasteiger partial charge in [-0.25, -0.2) is 4.79 Å². The van der Waals surface area contributed by atoms with Gasteiger partial charge in [0.05, 0.1) is 11.6 Å². The Morgan fingerprint density at radius 1 is 1.39 bits per heavy atom. The molecule has 2 unspecified atom stereocenters. The first-order valence-corrected chi connectivity index (χ1v) is 8.25. The number of halogens is 1. The minimum absolute atomic E-state index is 0. The van der Waals surface area contributed by atoms with Crippen molar-refractivity contribution in [3.8, 4) is 0 Å². The molecular formula is C13H16ClN2NaO5S. The van der Waals surface area contributed by atoms with Gasteiger partial charge in [0.1, 0.15) is 6.23 Å². The summed E-state index contributed by atoms with van der Waals surface area (Å²) >= 11 is 5.80. The third kappa shape index (κ3) is 5.46. The van der Waals surface area contributed by atoms with Crippen LogP contribution in [-0.2, 0) is 21.5 Å². The Bertz CT molecular complexity index is 683. The molecule has 0 bridgehead atoms. The molecule has 0 saturated carbocycles. The summed E-state index contributed by atoms with van der Waals surface area (Å²) in [6, 6.07) is 8.63. The molecule has 0 aliphatic carbocycles. The summed E-state index contributed by atoms with van der Waals surface area (Å²) in [4.78, 5) is 13.0. The van der Waals surface area contributed by atoms with Gasteiger partial charge in [-0.2, -0.15) is 8.42 Å². The topological polar surface area (TPSA) is 95.9 Å². The third-order valence-corrected chi connectivity index (χ3v) is 4.44. The van der Waals surface area contributed by atoms with Crippen LogP contribution >= 0.6 is 11.6 Å². The molecule has 0 fully saturated rings. The van der Waals surface area contributed by atoms with Crippen LogP contribution in [0.4, 0.5) is 4.79 Å². The molecule has 1 heterocycles. The Balaban J connectivity index is 0.00000264. The first-order valence-electron chi connectivity index (χ1n) is 6.37. The molecule has 7 nitrogen and oxygen atoms in total. The summed E-state index contributed by atoms with van der Waals surface area (Å²) in [6.07, 6.45) is 0.463. The Kier molecular flexibility index (Phi) is 7.53. The molecule has 1 aliphatic heterocycles. The van der Waals surface area contributed by atoms with Gasteiger partial charge in [-0.05, 0) is 12.5 Å². The summed E-state index contributed by atoms with van der Waals surface area (Å²) in [6.45, 7) is 1.90. The maximum absolute atomic E-state index is 11.9. The van der Waals surface area contributed by atoms with E-state index in [1.807, 2.05) is 30.3 Å². The van der Waals surface area contributed by atoms with Crippen molar-refractivity contribution in [2.24, 2.45) is 0 Å². The average Bonchev–Trinajstić information content (AvgIpc) is 2.46. The molecule has 2 amide bonds. The molecule has 23 heavy (non-hydrogen) atoms. The molecule has 2 N–H and O–H groups in total. The van der Waals surface area contributed by atoms with Gasteiger partial charge < -0.3 is 10.1 Å². The fourth-order valence-electron chi connectivity index (χ4n) is 1.87. The maximum atomic E-state index is 11.9. The van der Waals surface area contributed by atoms with Crippen LogP contribution in [-0.4, -0.2) is 65.1 Å². The second kappa shape index (κ2) is 8.48. The molecule has 0 radical (unpaired) electrons. The zero-order chi connectivity index (χ0) is 16.3. The molecule has 0 aromatic heterocycles. The van der Waals surface area contributed by atoms with E-state index in [0.29, 0.717) is 0 Å². The number of carbonyl (C=O) groups excluding carboxylic acids is 1. The van der Waals surface area contributed by atoms with E-state index in [2.05, 4.69) is 5.32 Å². The fraction of sp³-hybridized carbons (Fsp3) is 0.308. The zero-order valence-electron chi connectivity index (χ0n) is 11.6. The normalized spacial score (nSPS) is 19.4. The van der Waals surface area contributed by atoms with Crippen molar-refractivity contribution < 1.29 is 22.5 Å². The van der Waals surface area contributed by atoms with E-state index in [1.165, 1.54) is 0 Å². The molecule has 10 heteroatoms. The monoisotopic (exact) mass is 370 g/mol. The molecule has 0 spiro atoms. The number of hydrogen-bond acceptors (Lipinski definition) is 4. The summed E-state index contributed by atoms with van der Waals surface area (Å²) in [5, 5.41) is 0.226. The second-order valence-electron chi connectivity index (χ2n) is 4.66. The number of urea groups is 1. The molecule has 0 saturated heterocycles. The van der Waals surface area contributed by atoms with Crippen LogP contribution in [0.15, 0.2) is 41.6 Å². The van der Waals surface area contributed by atoms with E-state index >= 15 is 0 Å². The van der Waals surface area contributed by atoms with Gasteiger partial charge >= 0.3 is 35.6 Å². The number of benzene rings is 1. The van der Waals surface area contributed by atoms with Crippen molar-refractivity contribution in [2.75, 3.05) is 0 Å². The third-order valence-electron chi connectivity index (χ3n) is 3.03. The predicted molar refractivity (Wildman–Crippen MR) is 87.5 cm³/mol. The predicted octanol–water partition coefficient (Wildman–Crippen LogP) is 1.22. The van der Waals surface area contributed by atoms with Gasteiger partial charge in [0.15, 0.2) is 5.37 Å². The van der Waals surface area contributed by atoms with Crippen molar-refractivity contribution >= 4 is 57.3 Å². The fourth-order valence-corrected chi connectivity index (χ4v) is 2.97. The van der Waals surface area contributed by atoms with Gasteiger partial charge in [0.2, 0.25) is 0 Å². The van der Waals surface area contributed by atoms with Crippen LogP contribution in [0.1, 0.15) is 12.5 Å². The second-order valence-corrected chi connectivity index (χ2v) is 6.60. The van der Waals surface area contributed by atoms with Crippen molar-refractivity contribution in [1.82, 2.24) is 10.2 Å². The number of carbonyl (C=O) groups is 1. The number of ether oxygens (including phenoxy) is 1. The summed E-state index contributed by atoms with van der Waals surface area (Å²) < 4.78 is 36.7. The number of rotatable bonds is 5. The number of hydrogen-bond donors (Lipinski definition) is 2. The van der Waals surface area contributed by atoms with Gasteiger partial charge in [0, 0.05) is 6.20 Å². The number of nitrogens with one attached hydrogen (secondary N) is 1. The van der Waals surface area contributed by atoms with Gasteiger partial charge in [-0.3, -0.25) is 9.45 Å². The SMILES string of the molecule is CC(OCc1ccccc1)N1C=C(Cl)C(S(=O)(=O)O)NC1=O.[NaH]. The van der Waals surface area contributed by atoms with Gasteiger partial charge in [0.25, 0.3) is 10.1 Å². The van der Waals surface area contributed by atoms with E-state index in [9.17, 15) is 13.2 Å². The Morgan fingerprint density at radius 2 is 2.00 bits per heavy atom. The van der Waals surface area contributed by atoms with E-state index < -0.39 is 27.8 Å².